The Morgan fingerprint density at radius 3 is 2.06 bits per heavy atom. The molecule has 5 rings (SSSR count). The Balaban J connectivity index is 1.62. The maximum Gasteiger partial charge on any atom is 0.309 e. The minimum atomic E-state index is -0.862. The van der Waals surface area contributed by atoms with Crippen LogP contribution in [0.5, 0.6) is 0 Å². The van der Waals surface area contributed by atoms with E-state index in [2.05, 4.69) is 48.1 Å². The second kappa shape index (κ2) is 7.36. The van der Waals surface area contributed by atoms with Crippen LogP contribution in [0.4, 0.5) is 0 Å². The van der Waals surface area contributed by atoms with Gasteiger partial charge in [0.25, 0.3) is 0 Å². The topological polar surface area (TPSA) is 94.8 Å². The summed E-state index contributed by atoms with van der Waals surface area (Å²) in [4.78, 5) is 25.4. The number of rotatable bonds is 3. The quantitative estimate of drug-likeness (QED) is 0.425. The van der Waals surface area contributed by atoms with Crippen molar-refractivity contribution in [2.75, 3.05) is 0 Å². The maximum absolute atomic E-state index is 12.8. The molecule has 0 heterocycles. The van der Waals surface area contributed by atoms with Gasteiger partial charge in [0.15, 0.2) is 0 Å². The van der Waals surface area contributed by atoms with Crippen molar-refractivity contribution in [3.8, 4) is 0 Å². The summed E-state index contributed by atoms with van der Waals surface area (Å²) in [6.45, 7) is 17.5. The molecule has 5 nitrogen and oxygen atoms in total. The van der Waals surface area contributed by atoms with Crippen molar-refractivity contribution in [3.63, 3.8) is 0 Å². The molecule has 11 atom stereocenters. The highest BCUT2D eigenvalue weighted by atomic mass is 16.4. The Morgan fingerprint density at radius 1 is 0.829 bits per heavy atom. The lowest BCUT2D eigenvalue weighted by molar-refractivity contribution is -0.228. The molecule has 5 aliphatic carbocycles. The van der Waals surface area contributed by atoms with Gasteiger partial charge in [0.1, 0.15) is 0 Å². The van der Waals surface area contributed by atoms with E-state index in [1.54, 1.807) is 0 Å². The molecule has 5 fully saturated rings. The second-order valence-electron chi connectivity index (χ2n) is 14.6. The lowest BCUT2D eigenvalue weighted by atomic mass is 9.34. The van der Waals surface area contributed by atoms with E-state index in [1.165, 1.54) is 0 Å². The number of carboxylic acids is 2. The van der Waals surface area contributed by atoms with E-state index in [0.717, 1.165) is 50.5 Å². The van der Waals surface area contributed by atoms with Crippen LogP contribution >= 0.6 is 0 Å². The minimum Gasteiger partial charge on any atom is -0.481 e. The van der Waals surface area contributed by atoms with E-state index in [-0.39, 0.29) is 34.5 Å². The smallest absolute Gasteiger partial charge is 0.309 e. The fourth-order valence-electron chi connectivity index (χ4n) is 11.8. The third kappa shape index (κ3) is 2.75. The molecule has 0 aromatic heterocycles. The van der Waals surface area contributed by atoms with Gasteiger partial charge in [-0.25, -0.2) is 0 Å². The number of hydrogen-bond donors (Lipinski definition) is 3. The fourth-order valence-corrected chi connectivity index (χ4v) is 11.8. The van der Waals surface area contributed by atoms with Crippen molar-refractivity contribution in [2.24, 2.45) is 62.6 Å². The van der Waals surface area contributed by atoms with E-state index in [1.807, 2.05) is 0 Å². The molecule has 0 aromatic rings. The van der Waals surface area contributed by atoms with E-state index in [9.17, 15) is 24.9 Å². The Labute approximate surface area is 210 Å². The summed E-state index contributed by atoms with van der Waals surface area (Å²) in [5.41, 5.74) is -0.558. The molecular weight excluding hydrogens is 440 g/mol. The fraction of sp³-hybridized carbons (Fsp3) is 0.867. The molecule has 0 aromatic carbocycles. The summed E-state index contributed by atoms with van der Waals surface area (Å²) in [6.07, 6.45) is 6.24. The third-order valence-electron chi connectivity index (χ3n) is 13.6. The Kier molecular flexibility index (Phi) is 5.32. The number of aliphatic carboxylic acids is 2. The van der Waals surface area contributed by atoms with Crippen LogP contribution in [0.2, 0.25) is 0 Å². The zero-order valence-corrected chi connectivity index (χ0v) is 22.6. The van der Waals surface area contributed by atoms with Gasteiger partial charge in [-0.05, 0) is 110 Å². The van der Waals surface area contributed by atoms with Crippen molar-refractivity contribution in [2.45, 2.75) is 99.0 Å². The van der Waals surface area contributed by atoms with E-state index in [4.69, 9.17) is 0 Å². The first-order chi connectivity index (χ1) is 16.1. The summed E-state index contributed by atoms with van der Waals surface area (Å²) >= 11 is 0. The number of fused-ring (bicyclic) bond motifs is 7. The molecule has 0 radical (unpaired) electrons. The highest BCUT2D eigenvalue weighted by Gasteiger charge is 2.75. The standard InChI is InChI=1S/C30H46O5/c1-16(2)17-10-13-30(25(34)35)15-14-27(5)18(21(17)30)8-9-20-28(27,6)12-11-19-26(3,4)23(31)22(24(32)33)29(19,20)7/h17-23,31H,1,8-15H2,2-7H3,(H,32,33)(H,34,35)/t17-,18+,19+,20-,21+,22+,23-,27+,28+,29-,30-/m0/s1. The number of hydrogen-bond acceptors (Lipinski definition) is 3. The first kappa shape index (κ1) is 25.3. The minimum absolute atomic E-state index is 0.0493. The highest BCUT2D eigenvalue weighted by Crippen LogP contribution is 2.79. The molecule has 35 heavy (non-hydrogen) atoms. The zero-order chi connectivity index (χ0) is 25.9. The van der Waals surface area contributed by atoms with Crippen LogP contribution in [0.25, 0.3) is 0 Å². The molecule has 196 valence electrons. The van der Waals surface area contributed by atoms with Crippen molar-refractivity contribution < 1.29 is 24.9 Å². The predicted octanol–water partition coefficient (Wildman–Crippen LogP) is 6.01. The molecule has 0 unspecified atom stereocenters. The maximum atomic E-state index is 12.8. The Morgan fingerprint density at radius 2 is 1.49 bits per heavy atom. The zero-order valence-electron chi connectivity index (χ0n) is 22.6. The summed E-state index contributed by atoms with van der Waals surface area (Å²) < 4.78 is 0. The molecule has 0 bridgehead atoms. The molecule has 0 amide bonds. The lowest BCUT2D eigenvalue weighted by Gasteiger charge is -2.70. The van der Waals surface area contributed by atoms with Gasteiger partial charge in [0.2, 0.25) is 0 Å². The first-order valence-electron chi connectivity index (χ1n) is 13.9. The van der Waals surface area contributed by atoms with Gasteiger partial charge in [-0.1, -0.05) is 46.8 Å². The number of aliphatic hydroxyl groups is 1. The van der Waals surface area contributed by atoms with Crippen molar-refractivity contribution in [1.29, 1.82) is 0 Å². The van der Waals surface area contributed by atoms with E-state index < -0.39 is 40.2 Å². The second-order valence-corrected chi connectivity index (χ2v) is 14.6. The first-order valence-corrected chi connectivity index (χ1v) is 13.9. The molecule has 5 heteroatoms. The van der Waals surface area contributed by atoms with Crippen molar-refractivity contribution in [1.82, 2.24) is 0 Å². The van der Waals surface area contributed by atoms with Crippen LogP contribution in [-0.4, -0.2) is 33.4 Å². The molecule has 0 aliphatic heterocycles. The van der Waals surface area contributed by atoms with Crippen LogP contribution in [0, 0.1) is 62.6 Å². The number of allylic oxidation sites excluding steroid dienone is 1. The van der Waals surface area contributed by atoms with Crippen molar-refractivity contribution >= 4 is 11.9 Å². The summed E-state index contributed by atoms with van der Waals surface area (Å²) in [5, 5.41) is 32.2. The summed E-state index contributed by atoms with van der Waals surface area (Å²) in [7, 11) is 0. The summed E-state index contributed by atoms with van der Waals surface area (Å²) in [5.74, 6) is -1.21. The van der Waals surface area contributed by atoms with Gasteiger partial charge >= 0.3 is 11.9 Å². The SMILES string of the molecule is C=C(C)[C@@H]1CC[C@]2(C(=O)O)CC[C@]3(C)[C@H](CC[C@@H]4[C@]5(C)[C@H](CC[C@]43C)C(C)(C)[C@@H](O)[C@@H]5C(=O)O)[C@@H]12. The molecule has 0 saturated heterocycles. The van der Waals surface area contributed by atoms with Crippen LogP contribution in [0.3, 0.4) is 0 Å². The predicted molar refractivity (Wildman–Crippen MR) is 135 cm³/mol. The largest absolute Gasteiger partial charge is 0.481 e. The molecule has 5 aliphatic rings. The number of carboxylic acid groups (broad SMARTS) is 2. The van der Waals surface area contributed by atoms with Crippen LogP contribution in [0.1, 0.15) is 92.9 Å². The van der Waals surface area contributed by atoms with E-state index >= 15 is 0 Å². The monoisotopic (exact) mass is 486 g/mol. The van der Waals surface area contributed by atoms with Crippen molar-refractivity contribution in [3.05, 3.63) is 12.2 Å². The highest BCUT2D eigenvalue weighted by molar-refractivity contribution is 5.76. The van der Waals surface area contributed by atoms with Gasteiger partial charge in [0, 0.05) is 0 Å². The molecule has 5 saturated carbocycles. The van der Waals surface area contributed by atoms with Gasteiger partial charge in [-0.3, -0.25) is 9.59 Å². The molecular formula is C30H46O5. The van der Waals surface area contributed by atoms with Gasteiger partial charge in [-0.15, -0.1) is 0 Å². The Bertz CT molecular complexity index is 970. The lowest BCUT2D eigenvalue weighted by Crippen LogP contribution is -2.65. The summed E-state index contributed by atoms with van der Waals surface area (Å²) in [6, 6.07) is 0. The van der Waals surface area contributed by atoms with Crippen LogP contribution in [-0.2, 0) is 9.59 Å². The van der Waals surface area contributed by atoms with Gasteiger partial charge < -0.3 is 15.3 Å². The molecule has 3 N–H and O–H groups in total. The average molecular weight is 487 g/mol. The normalized spacial score (nSPS) is 54.2. The molecule has 0 spiro atoms. The van der Waals surface area contributed by atoms with Gasteiger partial charge in [0.05, 0.1) is 17.4 Å². The third-order valence-corrected chi connectivity index (χ3v) is 13.6. The van der Waals surface area contributed by atoms with E-state index in [0.29, 0.717) is 12.3 Å². The number of carbonyl (C=O) groups is 2. The number of aliphatic hydroxyl groups excluding tert-OH is 1. The van der Waals surface area contributed by atoms with Crippen LogP contribution in [0.15, 0.2) is 12.2 Å². The van der Waals surface area contributed by atoms with Crippen LogP contribution < -0.4 is 0 Å². The Hall–Kier alpha value is -1.36. The van der Waals surface area contributed by atoms with Gasteiger partial charge in [-0.2, -0.15) is 0 Å². The average Bonchev–Trinajstić information content (AvgIpc) is 3.21.